The minimum Gasteiger partial charge on any atom is -0.254 e. The molecule has 13 heteroatoms. The van der Waals surface area contributed by atoms with Gasteiger partial charge in [0, 0.05) is 29.9 Å². The Hall–Kier alpha value is -2.31. The van der Waals surface area contributed by atoms with Gasteiger partial charge in [0.15, 0.2) is 9.84 Å². The van der Waals surface area contributed by atoms with E-state index in [9.17, 15) is 25.6 Å². The molecule has 0 radical (unpaired) electrons. The van der Waals surface area contributed by atoms with Crippen molar-refractivity contribution in [2.75, 3.05) is 17.8 Å². The lowest BCUT2D eigenvalue weighted by Crippen LogP contribution is -2.39. The van der Waals surface area contributed by atoms with E-state index in [1.807, 2.05) is 0 Å². The number of nitrogens with one attached hydrogen (secondary N) is 1. The van der Waals surface area contributed by atoms with Crippen LogP contribution in [-0.4, -0.2) is 39.2 Å². The lowest BCUT2D eigenvalue weighted by Gasteiger charge is -2.26. The van der Waals surface area contributed by atoms with E-state index < -0.39 is 42.5 Å². The van der Waals surface area contributed by atoms with Crippen molar-refractivity contribution in [3.05, 3.63) is 87.5 Å². The number of halogens is 4. The summed E-state index contributed by atoms with van der Waals surface area (Å²) in [6.07, 6.45) is 3.40. The van der Waals surface area contributed by atoms with Crippen LogP contribution in [0.25, 0.3) is 0 Å². The lowest BCUT2D eigenvalue weighted by molar-refractivity contribution is 0.349. The smallest absolute Gasteiger partial charge is 0.254 e. The van der Waals surface area contributed by atoms with Gasteiger partial charge < -0.3 is 0 Å². The van der Waals surface area contributed by atoms with Crippen molar-refractivity contribution >= 4 is 49.1 Å². The maximum Gasteiger partial charge on any atom is 0.302 e. The van der Waals surface area contributed by atoms with Crippen LogP contribution in [0.5, 0.6) is 0 Å². The molecule has 2 aromatic carbocycles. The van der Waals surface area contributed by atoms with Crippen molar-refractivity contribution in [2.45, 2.75) is 29.4 Å². The van der Waals surface area contributed by atoms with Crippen LogP contribution in [0.4, 0.5) is 14.6 Å². The number of hydrogen-bond acceptors (Lipinski definition) is 5. The fourth-order valence-corrected chi connectivity index (χ4v) is 7.47. The van der Waals surface area contributed by atoms with Gasteiger partial charge in [0.1, 0.15) is 22.7 Å². The van der Waals surface area contributed by atoms with Gasteiger partial charge >= 0.3 is 10.2 Å². The molecule has 1 atom stereocenters. The monoisotopic (exact) mass is 575 g/mol. The number of pyridine rings is 1. The first-order chi connectivity index (χ1) is 17.0. The number of nitrogens with zero attached hydrogens (tertiary/aromatic N) is 2. The second kappa shape index (κ2) is 10.6. The number of hydrogen-bond donors (Lipinski definition) is 1. The molecule has 3 aromatic rings. The molecule has 0 amide bonds. The molecule has 7 nitrogen and oxygen atoms in total. The highest BCUT2D eigenvalue weighted by Crippen LogP contribution is 2.40. The van der Waals surface area contributed by atoms with Crippen LogP contribution in [0.2, 0.25) is 10.0 Å². The summed E-state index contributed by atoms with van der Waals surface area (Å²) in [5.74, 6) is -2.06. The lowest BCUT2D eigenvalue weighted by atomic mass is 10.0. The summed E-state index contributed by atoms with van der Waals surface area (Å²) in [6, 6.07) is 8.71. The van der Waals surface area contributed by atoms with Gasteiger partial charge in [-0.1, -0.05) is 29.6 Å². The Balaban J connectivity index is 1.85. The van der Waals surface area contributed by atoms with E-state index in [0.29, 0.717) is 25.9 Å². The highest BCUT2D eigenvalue weighted by molar-refractivity contribution is 7.92. The summed E-state index contributed by atoms with van der Waals surface area (Å²) >= 11 is 12.2. The van der Waals surface area contributed by atoms with E-state index in [1.165, 1.54) is 28.6 Å². The predicted molar refractivity (Wildman–Crippen MR) is 134 cm³/mol. The van der Waals surface area contributed by atoms with Gasteiger partial charge in [-0.2, -0.15) is 12.7 Å². The number of anilines is 1. The minimum atomic E-state index is -4.43. The Labute approximate surface area is 218 Å². The zero-order valence-corrected chi connectivity index (χ0v) is 21.8. The van der Waals surface area contributed by atoms with Crippen LogP contribution >= 0.6 is 23.2 Å². The zero-order chi connectivity index (χ0) is 26.1. The first kappa shape index (κ1) is 26.7. The van der Waals surface area contributed by atoms with Crippen molar-refractivity contribution < 1.29 is 25.6 Å². The first-order valence-corrected chi connectivity index (χ1v) is 14.6. The Morgan fingerprint density at radius 3 is 2.22 bits per heavy atom. The Kier molecular flexibility index (Phi) is 7.86. The molecule has 0 aliphatic carbocycles. The standard InChI is InChI=1S/C23H21Cl2F2N3O4S2/c24-15-4-7-17(8-5-15)35(31,32)23(19-12-16(26)6-9-21(19)27)18-13-22(28-14-20(18)25)29-36(33,34)30-10-2-1-3-11-30/h4-9,12-14,23H,1-3,10-11H2,(H,28,29). The Morgan fingerprint density at radius 1 is 0.889 bits per heavy atom. The highest BCUT2D eigenvalue weighted by atomic mass is 35.5. The molecule has 2 heterocycles. The molecule has 1 aliphatic heterocycles. The Bertz CT molecular complexity index is 1480. The summed E-state index contributed by atoms with van der Waals surface area (Å²) in [6.45, 7) is 0.662. The molecule has 0 saturated carbocycles. The molecular formula is C23H21Cl2F2N3O4S2. The molecule has 192 valence electrons. The summed E-state index contributed by atoms with van der Waals surface area (Å²) < 4.78 is 85.9. The number of rotatable bonds is 7. The molecule has 36 heavy (non-hydrogen) atoms. The number of benzene rings is 2. The topological polar surface area (TPSA) is 96.4 Å². The van der Waals surface area contributed by atoms with Crippen molar-refractivity contribution in [1.29, 1.82) is 0 Å². The van der Waals surface area contributed by atoms with Crippen LogP contribution in [0, 0.1) is 11.6 Å². The Morgan fingerprint density at radius 2 is 1.56 bits per heavy atom. The van der Waals surface area contributed by atoms with Crippen LogP contribution in [0.3, 0.4) is 0 Å². The second-order valence-corrected chi connectivity index (χ2v) is 12.7. The van der Waals surface area contributed by atoms with Crippen molar-refractivity contribution in [3.63, 3.8) is 0 Å². The maximum absolute atomic E-state index is 14.9. The zero-order valence-electron chi connectivity index (χ0n) is 18.7. The molecule has 1 saturated heterocycles. The van der Waals surface area contributed by atoms with E-state index in [2.05, 4.69) is 9.71 Å². The molecule has 0 bridgehead atoms. The molecule has 4 rings (SSSR count). The van der Waals surface area contributed by atoms with Gasteiger partial charge in [-0.05, 0) is 66.9 Å². The van der Waals surface area contributed by atoms with E-state index in [-0.39, 0.29) is 26.3 Å². The fraction of sp³-hybridized carbons (Fsp3) is 0.261. The minimum absolute atomic E-state index is 0.178. The van der Waals surface area contributed by atoms with Crippen LogP contribution < -0.4 is 4.72 Å². The third kappa shape index (κ3) is 5.65. The molecule has 1 fully saturated rings. The number of piperidine rings is 1. The summed E-state index contributed by atoms with van der Waals surface area (Å²) in [5, 5.41) is -1.72. The quantitative estimate of drug-likeness (QED) is 0.408. The van der Waals surface area contributed by atoms with Crippen LogP contribution in [0.15, 0.2) is 59.6 Å². The van der Waals surface area contributed by atoms with Crippen LogP contribution in [-0.2, 0) is 20.0 Å². The van der Waals surface area contributed by atoms with Gasteiger partial charge in [-0.15, -0.1) is 0 Å². The largest absolute Gasteiger partial charge is 0.302 e. The molecule has 1 N–H and O–H groups in total. The SMILES string of the molecule is O=S(=O)(c1ccc(Cl)cc1)C(c1cc(F)ccc1F)c1cc(NS(=O)(=O)N2CCCCC2)ncc1Cl. The first-order valence-electron chi connectivity index (χ1n) is 10.9. The fourth-order valence-electron chi connectivity index (χ4n) is 3.99. The van der Waals surface area contributed by atoms with E-state index in [1.54, 1.807) is 0 Å². The van der Waals surface area contributed by atoms with Crippen molar-refractivity contribution in [3.8, 4) is 0 Å². The van der Waals surface area contributed by atoms with E-state index in [4.69, 9.17) is 23.2 Å². The van der Waals surface area contributed by atoms with Crippen LogP contribution in [0.1, 0.15) is 35.6 Å². The predicted octanol–water partition coefficient (Wildman–Crippen LogP) is 5.37. The average molecular weight is 576 g/mol. The van der Waals surface area contributed by atoms with Gasteiger partial charge in [-0.25, -0.2) is 22.2 Å². The molecule has 1 aliphatic rings. The second-order valence-electron chi connectivity index (χ2n) is 8.20. The summed E-state index contributed by atoms with van der Waals surface area (Å²) in [7, 11) is -8.42. The molecule has 1 aromatic heterocycles. The van der Waals surface area contributed by atoms with Gasteiger partial charge in [0.25, 0.3) is 0 Å². The third-order valence-electron chi connectivity index (χ3n) is 5.75. The maximum atomic E-state index is 14.9. The van der Waals surface area contributed by atoms with Gasteiger partial charge in [-0.3, -0.25) is 4.72 Å². The normalized spacial score (nSPS) is 16.0. The summed E-state index contributed by atoms with van der Waals surface area (Å²) in [5.41, 5.74) is -0.676. The average Bonchev–Trinajstić information content (AvgIpc) is 2.84. The van der Waals surface area contributed by atoms with E-state index >= 15 is 0 Å². The molecule has 0 spiro atoms. The highest BCUT2D eigenvalue weighted by Gasteiger charge is 2.35. The van der Waals surface area contributed by atoms with Crippen molar-refractivity contribution in [1.82, 2.24) is 9.29 Å². The third-order valence-corrected chi connectivity index (χ3v) is 9.89. The number of sulfone groups is 1. The number of aromatic nitrogens is 1. The summed E-state index contributed by atoms with van der Waals surface area (Å²) in [4.78, 5) is 3.75. The van der Waals surface area contributed by atoms with Crippen molar-refractivity contribution in [2.24, 2.45) is 0 Å². The molecule has 1 unspecified atom stereocenters. The molecular weight excluding hydrogens is 555 g/mol. The van der Waals surface area contributed by atoms with Gasteiger partial charge in [0.2, 0.25) is 0 Å². The van der Waals surface area contributed by atoms with E-state index in [0.717, 1.165) is 36.9 Å². The van der Waals surface area contributed by atoms with Gasteiger partial charge in [0.05, 0.1) is 9.92 Å².